The van der Waals surface area contributed by atoms with Crippen molar-refractivity contribution in [2.75, 3.05) is 79.7 Å². The molecule has 2 amide bonds. The van der Waals surface area contributed by atoms with E-state index in [4.69, 9.17) is 29.3 Å². The Kier molecular flexibility index (Phi) is 10.2. The third-order valence-corrected chi connectivity index (χ3v) is 8.71. The first-order chi connectivity index (χ1) is 22.5. The molecule has 1 aromatic heterocycles. The van der Waals surface area contributed by atoms with E-state index in [-0.39, 0.29) is 12.0 Å². The Morgan fingerprint density at radius 2 is 1.59 bits per heavy atom. The van der Waals surface area contributed by atoms with Crippen molar-refractivity contribution in [3.63, 3.8) is 0 Å². The number of ether oxygens (including phenoxy) is 2. The molecule has 3 aromatic rings. The number of hydrogen-bond acceptors (Lipinski definition) is 11. The maximum absolute atomic E-state index is 12.7. The van der Waals surface area contributed by atoms with E-state index in [0.717, 1.165) is 37.9 Å². The number of anilines is 4. The number of hydrogen-bond donors (Lipinski definition) is 2. The number of rotatable bonds is 11. The van der Waals surface area contributed by atoms with Gasteiger partial charge in [0.15, 0.2) is 5.82 Å². The van der Waals surface area contributed by atoms with Gasteiger partial charge in [0.05, 0.1) is 31.4 Å². The molecule has 2 bridgehead atoms. The summed E-state index contributed by atoms with van der Waals surface area (Å²) in [5, 5.41) is 7.53. The van der Waals surface area contributed by atoms with Crippen LogP contribution in [0.4, 0.5) is 28.1 Å². The van der Waals surface area contributed by atoms with Crippen LogP contribution in [-0.2, 0) is 14.3 Å². The van der Waals surface area contributed by atoms with Crippen LogP contribution < -0.4 is 20.6 Å². The highest BCUT2D eigenvalue weighted by molar-refractivity contribution is 6.00. The summed E-state index contributed by atoms with van der Waals surface area (Å²) < 4.78 is 10.9. The second kappa shape index (κ2) is 14.8. The number of carbonyl (C=O) groups excluding carboxylic acids is 2. The number of urea groups is 1. The Balaban J connectivity index is 1.08. The standard InChI is InChI=1S/C33H42N8O5/c1-3-39(4-2)15-20-45-30(42)25-8-12-27(13-9-25)35-33(43)34-26-10-6-24(7-11-26)29-36-31(40-16-18-44-19-17-40)38-32(37-29)41-28-14-5-23(21-28)22-46-41/h6-13,23,28H,3-5,14-22H2,1-2H3,(H2,34,35,43). The summed E-state index contributed by atoms with van der Waals surface area (Å²) in [7, 11) is 0. The molecule has 2 unspecified atom stereocenters. The molecule has 2 atom stereocenters. The lowest BCUT2D eigenvalue weighted by molar-refractivity contribution is 0.0355. The van der Waals surface area contributed by atoms with Gasteiger partial charge in [-0.05, 0) is 86.8 Å². The van der Waals surface area contributed by atoms with E-state index in [2.05, 4.69) is 34.3 Å². The Morgan fingerprint density at radius 1 is 0.913 bits per heavy atom. The van der Waals surface area contributed by atoms with Crippen LogP contribution in [0.2, 0.25) is 0 Å². The van der Waals surface area contributed by atoms with Crippen molar-refractivity contribution in [2.24, 2.45) is 5.92 Å². The van der Waals surface area contributed by atoms with Gasteiger partial charge >= 0.3 is 12.0 Å². The highest BCUT2D eigenvalue weighted by Crippen LogP contribution is 2.37. The van der Waals surface area contributed by atoms with E-state index < -0.39 is 6.03 Å². The van der Waals surface area contributed by atoms with Gasteiger partial charge < -0.3 is 29.9 Å². The van der Waals surface area contributed by atoms with Gasteiger partial charge in [0.25, 0.3) is 5.95 Å². The lowest BCUT2D eigenvalue weighted by atomic mass is 10.1. The Labute approximate surface area is 269 Å². The quantitative estimate of drug-likeness (QED) is 0.291. The Morgan fingerprint density at radius 3 is 2.28 bits per heavy atom. The molecule has 0 spiro atoms. The summed E-state index contributed by atoms with van der Waals surface area (Å²) >= 11 is 0. The molecule has 1 aliphatic carbocycles. The molecule has 0 radical (unpaired) electrons. The highest BCUT2D eigenvalue weighted by atomic mass is 16.7. The minimum absolute atomic E-state index is 0.268. The molecule has 3 aliphatic rings. The molecule has 1 saturated carbocycles. The summed E-state index contributed by atoms with van der Waals surface area (Å²) in [5.41, 5.74) is 2.38. The van der Waals surface area contributed by atoms with Crippen molar-refractivity contribution in [1.82, 2.24) is 19.9 Å². The zero-order valence-electron chi connectivity index (χ0n) is 26.5. The largest absolute Gasteiger partial charge is 0.461 e. The van der Waals surface area contributed by atoms with Crippen LogP contribution in [-0.4, -0.2) is 97.0 Å². The Bertz CT molecular complexity index is 1480. The lowest BCUT2D eigenvalue weighted by Gasteiger charge is -2.33. The van der Waals surface area contributed by atoms with Crippen molar-refractivity contribution in [2.45, 2.75) is 39.2 Å². The summed E-state index contributed by atoms with van der Waals surface area (Å²) in [6.45, 7) is 10.3. The van der Waals surface area contributed by atoms with Gasteiger partial charge in [-0.3, -0.25) is 4.84 Å². The number of nitrogens with zero attached hydrogens (tertiary/aromatic N) is 6. The topological polar surface area (TPSA) is 134 Å². The minimum Gasteiger partial charge on any atom is -0.461 e. The first-order valence-electron chi connectivity index (χ1n) is 16.2. The molecule has 13 nitrogen and oxygen atoms in total. The summed E-state index contributed by atoms with van der Waals surface area (Å²) in [6, 6.07) is 13.9. The molecule has 3 heterocycles. The minimum atomic E-state index is -0.406. The van der Waals surface area contributed by atoms with Gasteiger partial charge in [0, 0.05) is 36.6 Å². The fourth-order valence-corrected chi connectivity index (χ4v) is 5.99. The molecule has 13 heteroatoms. The van der Waals surface area contributed by atoms with Crippen molar-refractivity contribution in [3.8, 4) is 11.4 Å². The van der Waals surface area contributed by atoms with E-state index in [1.807, 2.05) is 29.3 Å². The van der Waals surface area contributed by atoms with Crippen molar-refractivity contribution < 1.29 is 23.9 Å². The predicted molar refractivity (Wildman–Crippen MR) is 175 cm³/mol. The first-order valence-corrected chi connectivity index (χ1v) is 16.2. The van der Waals surface area contributed by atoms with Crippen LogP contribution in [0.5, 0.6) is 0 Å². The van der Waals surface area contributed by atoms with E-state index >= 15 is 0 Å². The second-order valence-corrected chi connectivity index (χ2v) is 11.7. The molecule has 2 aromatic carbocycles. The van der Waals surface area contributed by atoms with E-state index in [9.17, 15) is 9.59 Å². The maximum Gasteiger partial charge on any atom is 0.338 e. The van der Waals surface area contributed by atoms with Gasteiger partial charge in [-0.15, -0.1) is 0 Å². The van der Waals surface area contributed by atoms with Gasteiger partial charge in [0.2, 0.25) is 5.95 Å². The normalized spacial score (nSPS) is 19.3. The molecule has 46 heavy (non-hydrogen) atoms. The fraction of sp³-hybridized carbons (Fsp3) is 0.485. The third kappa shape index (κ3) is 7.72. The zero-order chi connectivity index (χ0) is 31.9. The van der Waals surface area contributed by atoms with Crippen molar-refractivity contribution >= 4 is 35.3 Å². The number of benzene rings is 2. The average Bonchev–Trinajstić information content (AvgIpc) is 3.47. The number of aromatic nitrogens is 3. The zero-order valence-corrected chi connectivity index (χ0v) is 26.5. The number of carbonyl (C=O) groups is 2. The molecule has 244 valence electrons. The number of amides is 2. The number of fused-ring (bicyclic) bond motifs is 2. The first kappa shape index (κ1) is 31.6. The second-order valence-electron chi connectivity index (χ2n) is 11.7. The third-order valence-electron chi connectivity index (χ3n) is 8.71. The average molecular weight is 631 g/mol. The maximum atomic E-state index is 12.7. The molecule has 2 aliphatic heterocycles. The summed E-state index contributed by atoms with van der Waals surface area (Å²) in [6.07, 6.45) is 3.31. The van der Waals surface area contributed by atoms with E-state index in [1.54, 1.807) is 24.3 Å². The summed E-state index contributed by atoms with van der Waals surface area (Å²) in [4.78, 5) is 50.0. The van der Waals surface area contributed by atoms with Crippen LogP contribution in [0.3, 0.4) is 0 Å². The van der Waals surface area contributed by atoms with Crippen LogP contribution in [0.1, 0.15) is 43.5 Å². The predicted octanol–water partition coefficient (Wildman–Crippen LogP) is 4.44. The Hall–Kier alpha value is -4.33. The molecule has 2 saturated heterocycles. The fourth-order valence-electron chi connectivity index (χ4n) is 5.99. The van der Waals surface area contributed by atoms with Gasteiger partial charge in [0.1, 0.15) is 6.61 Å². The van der Waals surface area contributed by atoms with Gasteiger partial charge in [-0.2, -0.15) is 15.0 Å². The van der Waals surface area contributed by atoms with Crippen LogP contribution >= 0.6 is 0 Å². The smallest absolute Gasteiger partial charge is 0.338 e. The van der Waals surface area contributed by atoms with Crippen molar-refractivity contribution in [1.29, 1.82) is 0 Å². The van der Waals surface area contributed by atoms with Crippen LogP contribution in [0.15, 0.2) is 48.5 Å². The van der Waals surface area contributed by atoms with Crippen molar-refractivity contribution in [3.05, 3.63) is 54.1 Å². The molecule has 3 fully saturated rings. The molecular weight excluding hydrogens is 588 g/mol. The molecule has 2 N–H and O–H groups in total. The van der Waals surface area contributed by atoms with E-state index in [0.29, 0.717) is 86.6 Å². The SMILES string of the molecule is CCN(CC)CCOC(=O)c1ccc(NC(=O)Nc2ccc(-c3nc(N4CCOCC4)nc(N4OCC5CCC4C5)n3)cc2)cc1. The van der Waals surface area contributed by atoms with Gasteiger partial charge in [-0.25, -0.2) is 14.7 Å². The number of hydroxylamine groups is 1. The highest BCUT2D eigenvalue weighted by Gasteiger charge is 2.37. The number of likely N-dealkylation sites (N-methyl/N-ethyl adjacent to an activating group) is 1. The lowest BCUT2D eigenvalue weighted by Crippen LogP contribution is -2.41. The monoisotopic (exact) mass is 630 g/mol. The van der Waals surface area contributed by atoms with E-state index in [1.165, 1.54) is 0 Å². The van der Waals surface area contributed by atoms with Crippen LogP contribution in [0.25, 0.3) is 11.4 Å². The molecule has 6 rings (SSSR count). The summed E-state index contributed by atoms with van der Waals surface area (Å²) in [5.74, 6) is 1.89. The molecular formula is C33H42N8O5. The van der Waals surface area contributed by atoms with Gasteiger partial charge in [-0.1, -0.05) is 13.8 Å². The number of nitrogens with one attached hydrogen (secondary N) is 2. The number of morpholine rings is 1. The van der Waals surface area contributed by atoms with Crippen LogP contribution in [0, 0.1) is 5.92 Å². The number of esters is 1.